The van der Waals surface area contributed by atoms with Gasteiger partial charge in [-0.3, -0.25) is 0 Å². The van der Waals surface area contributed by atoms with Crippen molar-refractivity contribution in [2.75, 3.05) is 5.73 Å². The zero-order chi connectivity index (χ0) is 14.0. The van der Waals surface area contributed by atoms with Crippen LogP contribution in [0.1, 0.15) is 16.7 Å². The van der Waals surface area contributed by atoms with E-state index in [2.05, 4.69) is 0 Å². The maximum absolute atomic E-state index is 12.4. The van der Waals surface area contributed by atoms with Crippen LogP contribution < -0.4 is 5.73 Å². The molecule has 1 nitrogen and oxygen atoms in total. The lowest BCUT2D eigenvalue weighted by Crippen LogP contribution is -2.04. The van der Waals surface area contributed by atoms with Gasteiger partial charge in [0.05, 0.1) is 16.3 Å². The van der Waals surface area contributed by atoms with Gasteiger partial charge in [0.1, 0.15) is 0 Å². The lowest BCUT2D eigenvalue weighted by Gasteiger charge is -2.09. The fourth-order valence-electron chi connectivity index (χ4n) is 1.77. The molecule has 100 valence electrons. The SMILES string of the molecule is Nc1c(Cl)cccc1Cc1ccc(C(F)(F)F)cc1. The molecule has 0 unspecified atom stereocenters. The van der Waals surface area contributed by atoms with Crippen LogP contribution in [0.2, 0.25) is 5.02 Å². The van der Waals surface area contributed by atoms with Crippen molar-refractivity contribution in [3.8, 4) is 0 Å². The Bertz CT molecular complexity index is 576. The number of alkyl halides is 3. The van der Waals surface area contributed by atoms with Crippen molar-refractivity contribution in [1.82, 2.24) is 0 Å². The van der Waals surface area contributed by atoms with Crippen molar-refractivity contribution in [3.63, 3.8) is 0 Å². The fourth-order valence-corrected chi connectivity index (χ4v) is 1.96. The van der Waals surface area contributed by atoms with Gasteiger partial charge >= 0.3 is 6.18 Å². The zero-order valence-electron chi connectivity index (χ0n) is 9.84. The molecule has 19 heavy (non-hydrogen) atoms. The molecular formula is C14H11ClF3N. The highest BCUT2D eigenvalue weighted by molar-refractivity contribution is 6.33. The van der Waals surface area contributed by atoms with E-state index in [0.717, 1.165) is 23.3 Å². The van der Waals surface area contributed by atoms with Gasteiger partial charge in [0.25, 0.3) is 0 Å². The van der Waals surface area contributed by atoms with Crippen LogP contribution in [0.25, 0.3) is 0 Å². The molecule has 0 saturated heterocycles. The molecule has 0 spiro atoms. The van der Waals surface area contributed by atoms with E-state index in [0.29, 0.717) is 17.1 Å². The summed E-state index contributed by atoms with van der Waals surface area (Å²) in [4.78, 5) is 0. The predicted octanol–water partition coefficient (Wildman–Crippen LogP) is 4.53. The molecule has 0 aliphatic carbocycles. The Kier molecular flexibility index (Phi) is 3.71. The number of benzene rings is 2. The van der Waals surface area contributed by atoms with Crippen LogP contribution in [0, 0.1) is 0 Å². The molecule has 0 aliphatic rings. The van der Waals surface area contributed by atoms with Crippen molar-refractivity contribution in [3.05, 3.63) is 64.2 Å². The lowest BCUT2D eigenvalue weighted by atomic mass is 10.0. The maximum Gasteiger partial charge on any atom is 0.416 e. The van der Waals surface area contributed by atoms with Gasteiger partial charge in [-0.1, -0.05) is 35.9 Å². The summed E-state index contributed by atoms with van der Waals surface area (Å²) < 4.78 is 37.3. The summed E-state index contributed by atoms with van der Waals surface area (Å²) in [6.07, 6.45) is -3.86. The molecule has 2 rings (SSSR count). The highest BCUT2D eigenvalue weighted by Crippen LogP contribution is 2.30. The Labute approximate surface area is 113 Å². The average molecular weight is 286 g/mol. The number of hydrogen-bond donors (Lipinski definition) is 1. The van der Waals surface area contributed by atoms with Crippen molar-refractivity contribution < 1.29 is 13.2 Å². The van der Waals surface area contributed by atoms with Gasteiger partial charge in [0.15, 0.2) is 0 Å². The predicted molar refractivity (Wildman–Crippen MR) is 70.1 cm³/mol. The second-order valence-corrected chi connectivity index (χ2v) is 4.59. The number of para-hydroxylation sites is 1. The van der Waals surface area contributed by atoms with Crippen molar-refractivity contribution in [2.45, 2.75) is 12.6 Å². The van der Waals surface area contributed by atoms with E-state index >= 15 is 0 Å². The first-order valence-electron chi connectivity index (χ1n) is 5.57. The molecule has 2 N–H and O–H groups in total. The van der Waals surface area contributed by atoms with Gasteiger partial charge in [-0.15, -0.1) is 0 Å². The molecule has 2 aromatic rings. The van der Waals surface area contributed by atoms with Crippen molar-refractivity contribution in [1.29, 1.82) is 0 Å². The quantitative estimate of drug-likeness (QED) is 0.806. The summed E-state index contributed by atoms with van der Waals surface area (Å²) in [5.74, 6) is 0. The molecular weight excluding hydrogens is 275 g/mol. The Morgan fingerprint density at radius 3 is 2.21 bits per heavy atom. The Hall–Kier alpha value is -1.68. The molecule has 0 bridgehead atoms. The minimum Gasteiger partial charge on any atom is -0.397 e. The van der Waals surface area contributed by atoms with Crippen LogP contribution in [0.4, 0.5) is 18.9 Å². The molecule has 0 heterocycles. The molecule has 0 amide bonds. The maximum atomic E-state index is 12.4. The summed E-state index contributed by atoms with van der Waals surface area (Å²) >= 11 is 5.89. The molecule has 0 aromatic heterocycles. The number of halogens is 4. The second-order valence-electron chi connectivity index (χ2n) is 4.18. The number of rotatable bonds is 2. The summed E-state index contributed by atoms with van der Waals surface area (Å²) in [6, 6.07) is 10.3. The summed E-state index contributed by atoms with van der Waals surface area (Å²) in [5.41, 5.74) is 7.17. The second kappa shape index (κ2) is 5.13. The van der Waals surface area contributed by atoms with Gasteiger partial charge in [0, 0.05) is 0 Å². The summed E-state index contributed by atoms with van der Waals surface area (Å²) in [6.45, 7) is 0. The first kappa shape index (κ1) is 13.7. The number of anilines is 1. The smallest absolute Gasteiger partial charge is 0.397 e. The normalized spacial score (nSPS) is 11.6. The first-order chi connectivity index (χ1) is 8.88. The van der Waals surface area contributed by atoms with E-state index in [-0.39, 0.29) is 0 Å². The Morgan fingerprint density at radius 1 is 1.00 bits per heavy atom. The van der Waals surface area contributed by atoms with E-state index in [1.807, 2.05) is 0 Å². The van der Waals surface area contributed by atoms with E-state index in [1.54, 1.807) is 18.2 Å². The van der Waals surface area contributed by atoms with Crippen LogP contribution in [-0.4, -0.2) is 0 Å². The Morgan fingerprint density at radius 2 is 1.63 bits per heavy atom. The van der Waals surface area contributed by atoms with Crippen LogP contribution >= 0.6 is 11.6 Å². The fraction of sp³-hybridized carbons (Fsp3) is 0.143. The third-order valence-electron chi connectivity index (χ3n) is 2.82. The Balaban J connectivity index is 2.23. The molecule has 0 saturated carbocycles. The zero-order valence-corrected chi connectivity index (χ0v) is 10.6. The van der Waals surface area contributed by atoms with E-state index in [4.69, 9.17) is 17.3 Å². The number of nitrogens with two attached hydrogens (primary N) is 1. The van der Waals surface area contributed by atoms with Gasteiger partial charge in [-0.05, 0) is 35.7 Å². The molecule has 0 atom stereocenters. The topological polar surface area (TPSA) is 26.0 Å². The van der Waals surface area contributed by atoms with Gasteiger partial charge < -0.3 is 5.73 Å². The van der Waals surface area contributed by atoms with Crippen LogP contribution in [0.5, 0.6) is 0 Å². The van der Waals surface area contributed by atoms with Crippen molar-refractivity contribution >= 4 is 17.3 Å². The van der Waals surface area contributed by atoms with Crippen molar-refractivity contribution in [2.24, 2.45) is 0 Å². The standard InChI is InChI=1S/C14H11ClF3N/c15-12-3-1-2-10(13(12)19)8-9-4-6-11(7-5-9)14(16,17)18/h1-7H,8,19H2. The average Bonchev–Trinajstić information content (AvgIpc) is 2.35. The third-order valence-corrected chi connectivity index (χ3v) is 3.15. The van der Waals surface area contributed by atoms with Gasteiger partial charge in [-0.2, -0.15) is 13.2 Å². The van der Waals surface area contributed by atoms with E-state index in [1.165, 1.54) is 12.1 Å². The molecule has 5 heteroatoms. The third kappa shape index (κ3) is 3.20. The summed E-state index contributed by atoms with van der Waals surface area (Å²) in [7, 11) is 0. The van der Waals surface area contributed by atoms with Gasteiger partial charge in [-0.25, -0.2) is 0 Å². The minimum absolute atomic E-state index is 0.449. The van der Waals surface area contributed by atoms with Crippen LogP contribution in [-0.2, 0) is 12.6 Å². The lowest BCUT2D eigenvalue weighted by molar-refractivity contribution is -0.137. The highest BCUT2D eigenvalue weighted by Gasteiger charge is 2.29. The van der Waals surface area contributed by atoms with E-state index in [9.17, 15) is 13.2 Å². The van der Waals surface area contributed by atoms with Gasteiger partial charge in [0.2, 0.25) is 0 Å². The van der Waals surface area contributed by atoms with E-state index < -0.39 is 11.7 Å². The molecule has 0 fully saturated rings. The molecule has 0 aliphatic heterocycles. The van der Waals surface area contributed by atoms with Crippen LogP contribution in [0.3, 0.4) is 0 Å². The minimum atomic E-state index is -4.31. The largest absolute Gasteiger partial charge is 0.416 e. The summed E-state index contributed by atoms with van der Waals surface area (Å²) in [5, 5.41) is 0.449. The molecule has 0 radical (unpaired) electrons. The van der Waals surface area contributed by atoms with Crippen LogP contribution in [0.15, 0.2) is 42.5 Å². The highest BCUT2D eigenvalue weighted by atomic mass is 35.5. The number of hydrogen-bond acceptors (Lipinski definition) is 1. The first-order valence-corrected chi connectivity index (χ1v) is 5.95. The number of nitrogen functional groups attached to an aromatic ring is 1. The molecule has 2 aromatic carbocycles. The monoisotopic (exact) mass is 285 g/mol.